The maximum absolute atomic E-state index is 11.2. The van der Waals surface area contributed by atoms with Gasteiger partial charge in [0, 0.05) is 12.2 Å². The molecule has 0 aliphatic carbocycles. The Bertz CT molecular complexity index is 420. The molecule has 1 amide bonds. The van der Waals surface area contributed by atoms with E-state index >= 15 is 0 Å². The molecule has 5 heteroatoms. The molecule has 2 rings (SSSR count). The van der Waals surface area contributed by atoms with Gasteiger partial charge in [-0.15, -0.1) is 0 Å². The predicted octanol–water partition coefficient (Wildman–Crippen LogP) is 1.60. The first kappa shape index (κ1) is 11.2. The Balaban J connectivity index is 2.15. The first-order chi connectivity index (χ1) is 7.70. The summed E-state index contributed by atoms with van der Waals surface area (Å²) in [6.45, 7) is 1.44. The number of carbonyl (C=O) groups excluding carboxylic acids is 1. The van der Waals surface area contributed by atoms with Crippen LogP contribution >= 0.6 is 11.6 Å². The number of nitrogens with one attached hydrogen (secondary N) is 2. The number of hydrogen-bond acceptors (Lipinski definition) is 3. The summed E-state index contributed by atoms with van der Waals surface area (Å²) in [5.41, 5.74) is 8.09. The van der Waals surface area contributed by atoms with Crippen LogP contribution in [0.15, 0.2) is 12.1 Å². The Morgan fingerprint density at radius 3 is 3.06 bits per heavy atom. The van der Waals surface area contributed by atoms with Gasteiger partial charge in [0.2, 0.25) is 5.91 Å². The summed E-state index contributed by atoms with van der Waals surface area (Å²) in [5, 5.41) is 6.59. The fourth-order valence-corrected chi connectivity index (χ4v) is 1.94. The van der Waals surface area contributed by atoms with Gasteiger partial charge >= 0.3 is 0 Å². The van der Waals surface area contributed by atoms with E-state index in [2.05, 4.69) is 10.6 Å². The van der Waals surface area contributed by atoms with Gasteiger partial charge in [0.15, 0.2) is 0 Å². The Labute approximate surface area is 99.2 Å². The smallest absolute Gasteiger partial charge is 0.228 e. The Hall–Kier alpha value is -1.26. The van der Waals surface area contributed by atoms with E-state index in [1.165, 1.54) is 0 Å². The summed E-state index contributed by atoms with van der Waals surface area (Å²) >= 11 is 6.09. The van der Waals surface area contributed by atoms with E-state index < -0.39 is 0 Å². The summed E-state index contributed by atoms with van der Waals surface area (Å²) in [4.78, 5) is 11.2. The zero-order valence-electron chi connectivity index (χ0n) is 8.85. The van der Waals surface area contributed by atoms with Crippen molar-refractivity contribution in [3.8, 4) is 0 Å². The number of fused-ring (bicyclic) bond motifs is 1. The highest BCUT2D eigenvalue weighted by atomic mass is 35.5. The van der Waals surface area contributed by atoms with Crippen LogP contribution < -0.4 is 16.4 Å². The number of carbonyl (C=O) groups is 1. The van der Waals surface area contributed by atoms with Gasteiger partial charge in [-0.1, -0.05) is 11.6 Å². The van der Waals surface area contributed by atoms with Gasteiger partial charge in [0.05, 0.1) is 17.1 Å². The maximum atomic E-state index is 11.2. The monoisotopic (exact) mass is 239 g/mol. The third-order valence-corrected chi connectivity index (χ3v) is 2.83. The van der Waals surface area contributed by atoms with Gasteiger partial charge in [0.25, 0.3) is 0 Å². The lowest BCUT2D eigenvalue weighted by atomic mass is 10.1. The topological polar surface area (TPSA) is 67.2 Å². The number of halogens is 1. The summed E-state index contributed by atoms with van der Waals surface area (Å²) in [6, 6.07) is 3.71. The van der Waals surface area contributed by atoms with E-state index in [1.54, 1.807) is 6.07 Å². The van der Waals surface area contributed by atoms with Crippen LogP contribution in [-0.4, -0.2) is 19.0 Å². The van der Waals surface area contributed by atoms with E-state index in [0.29, 0.717) is 18.0 Å². The lowest BCUT2D eigenvalue weighted by Gasteiger charge is -2.09. The highest BCUT2D eigenvalue weighted by Gasteiger charge is 2.19. The van der Waals surface area contributed by atoms with Gasteiger partial charge in [-0.3, -0.25) is 4.79 Å². The van der Waals surface area contributed by atoms with Gasteiger partial charge in [0.1, 0.15) is 0 Å². The van der Waals surface area contributed by atoms with Crippen molar-refractivity contribution in [3.05, 3.63) is 22.7 Å². The van der Waals surface area contributed by atoms with Crippen LogP contribution in [-0.2, 0) is 11.2 Å². The van der Waals surface area contributed by atoms with Crippen molar-refractivity contribution in [1.82, 2.24) is 0 Å². The van der Waals surface area contributed by atoms with Crippen LogP contribution in [0.1, 0.15) is 12.0 Å². The van der Waals surface area contributed by atoms with Gasteiger partial charge in [-0.05, 0) is 30.7 Å². The Morgan fingerprint density at radius 1 is 1.50 bits per heavy atom. The van der Waals surface area contributed by atoms with Gasteiger partial charge in [-0.25, -0.2) is 0 Å². The van der Waals surface area contributed by atoms with Gasteiger partial charge in [-0.2, -0.15) is 0 Å². The van der Waals surface area contributed by atoms with E-state index in [0.717, 1.165) is 29.9 Å². The van der Waals surface area contributed by atoms with Crippen molar-refractivity contribution in [2.45, 2.75) is 12.8 Å². The fourth-order valence-electron chi connectivity index (χ4n) is 1.71. The molecule has 1 heterocycles. The molecular weight excluding hydrogens is 226 g/mol. The highest BCUT2D eigenvalue weighted by molar-refractivity contribution is 6.33. The van der Waals surface area contributed by atoms with E-state index in [1.807, 2.05) is 6.07 Å². The predicted molar refractivity (Wildman–Crippen MR) is 65.9 cm³/mol. The third-order valence-electron chi connectivity index (χ3n) is 2.51. The van der Waals surface area contributed by atoms with Crippen molar-refractivity contribution in [2.75, 3.05) is 23.7 Å². The molecule has 0 radical (unpaired) electrons. The van der Waals surface area contributed by atoms with Crippen LogP contribution in [0.4, 0.5) is 11.4 Å². The molecule has 4 nitrogen and oxygen atoms in total. The fraction of sp³-hybridized carbons (Fsp3) is 0.364. The van der Waals surface area contributed by atoms with Crippen LogP contribution in [0.5, 0.6) is 0 Å². The summed E-state index contributed by atoms with van der Waals surface area (Å²) < 4.78 is 0. The van der Waals surface area contributed by atoms with Crippen molar-refractivity contribution >= 4 is 28.9 Å². The van der Waals surface area contributed by atoms with Crippen LogP contribution in [0.2, 0.25) is 5.02 Å². The zero-order valence-corrected chi connectivity index (χ0v) is 9.60. The van der Waals surface area contributed by atoms with Crippen molar-refractivity contribution in [2.24, 2.45) is 5.73 Å². The standard InChI is InChI=1S/C11H14ClN3O/c12-8-6-9-7(5-11(16)15-9)4-10(8)14-3-1-2-13/h4,6,14H,1-3,5,13H2,(H,15,16). The normalized spacial score (nSPS) is 13.5. The van der Waals surface area contributed by atoms with E-state index in [-0.39, 0.29) is 5.91 Å². The second-order valence-corrected chi connectivity index (χ2v) is 4.19. The number of amides is 1. The first-order valence-corrected chi connectivity index (χ1v) is 5.64. The van der Waals surface area contributed by atoms with Crippen LogP contribution in [0, 0.1) is 0 Å². The summed E-state index contributed by atoms with van der Waals surface area (Å²) in [5.74, 6) is 0.0187. The number of nitrogens with two attached hydrogens (primary N) is 1. The molecule has 1 aromatic rings. The Morgan fingerprint density at radius 2 is 2.31 bits per heavy atom. The molecule has 86 valence electrons. The molecule has 0 saturated heterocycles. The zero-order chi connectivity index (χ0) is 11.5. The van der Waals surface area contributed by atoms with E-state index in [4.69, 9.17) is 17.3 Å². The molecule has 0 aromatic heterocycles. The quantitative estimate of drug-likeness (QED) is 0.699. The number of hydrogen-bond donors (Lipinski definition) is 3. The SMILES string of the molecule is NCCCNc1cc2c(cc1Cl)NC(=O)C2. The van der Waals surface area contributed by atoms with Crippen molar-refractivity contribution < 1.29 is 4.79 Å². The Kier molecular flexibility index (Phi) is 3.31. The molecule has 4 N–H and O–H groups in total. The third kappa shape index (κ3) is 2.28. The van der Waals surface area contributed by atoms with Crippen LogP contribution in [0.25, 0.3) is 0 Å². The van der Waals surface area contributed by atoms with Crippen molar-refractivity contribution in [1.29, 1.82) is 0 Å². The minimum absolute atomic E-state index is 0.0187. The molecule has 0 spiro atoms. The lowest BCUT2D eigenvalue weighted by Crippen LogP contribution is -2.08. The number of benzene rings is 1. The largest absolute Gasteiger partial charge is 0.384 e. The molecule has 1 aromatic carbocycles. The minimum Gasteiger partial charge on any atom is -0.384 e. The van der Waals surface area contributed by atoms with E-state index in [9.17, 15) is 4.79 Å². The number of anilines is 2. The summed E-state index contributed by atoms with van der Waals surface area (Å²) in [6.07, 6.45) is 1.32. The van der Waals surface area contributed by atoms with Gasteiger partial charge < -0.3 is 16.4 Å². The van der Waals surface area contributed by atoms with Crippen molar-refractivity contribution in [3.63, 3.8) is 0 Å². The lowest BCUT2D eigenvalue weighted by molar-refractivity contribution is -0.115. The van der Waals surface area contributed by atoms with Crippen LogP contribution in [0.3, 0.4) is 0 Å². The molecule has 0 unspecified atom stereocenters. The molecule has 0 bridgehead atoms. The molecule has 0 fully saturated rings. The summed E-state index contributed by atoms with van der Waals surface area (Å²) in [7, 11) is 0. The number of rotatable bonds is 4. The average Bonchev–Trinajstić information content (AvgIpc) is 2.58. The second kappa shape index (κ2) is 4.72. The maximum Gasteiger partial charge on any atom is 0.228 e. The second-order valence-electron chi connectivity index (χ2n) is 3.78. The molecule has 1 aliphatic rings. The molecule has 0 saturated carbocycles. The molecule has 1 aliphatic heterocycles. The average molecular weight is 240 g/mol. The first-order valence-electron chi connectivity index (χ1n) is 5.27. The minimum atomic E-state index is 0.0187. The molecular formula is C11H14ClN3O. The molecule has 0 atom stereocenters. The molecule has 16 heavy (non-hydrogen) atoms. The highest BCUT2D eigenvalue weighted by Crippen LogP contribution is 2.32.